The predicted molar refractivity (Wildman–Crippen MR) is 145 cm³/mol. The molecule has 6 nitrogen and oxygen atoms in total. The lowest BCUT2D eigenvalue weighted by atomic mass is 9.91. The van der Waals surface area contributed by atoms with Gasteiger partial charge in [0.1, 0.15) is 5.82 Å². The molecule has 0 amide bonds. The molecule has 0 saturated carbocycles. The number of fused-ring (bicyclic) bond motifs is 2. The van der Waals surface area contributed by atoms with Gasteiger partial charge in [0.25, 0.3) is 0 Å². The number of aryl methyl sites for hydroxylation is 4. The highest BCUT2D eigenvalue weighted by Gasteiger charge is 2.19. The molecule has 184 valence electrons. The van der Waals surface area contributed by atoms with E-state index in [4.69, 9.17) is 9.97 Å². The van der Waals surface area contributed by atoms with Gasteiger partial charge in [-0.2, -0.15) is 0 Å². The third-order valence-electron chi connectivity index (χ3n) is 6.24. The third-order valence-corrected chi connectivity index (χ3v) is 8.15. The monoisotopic (exact) mass is 528 g/mol. The second kappa shape index (κ2) is 11.5. The van der Waals surface area contributed by atoms with Gasteiger partial charge in [-0.05, 0) is 80.7 Å². The molecule has 1 aliphatic heterocycles. The van der Waals surface area contributed by atoms with Crippen LogP contribution in [0.2, 0.25) is 0 Å². The lowest BCUT2D eigenvalue weighted by Gasteiger charge is -2.17. The molecular formula is C26H29ClN4O2S2. The van der Waals surface area contributed by atoms with Gasteiger partial charge >= 0.3 is 5.97 Å². The van der Waals surface area contributed by atoms with E-state index in [0.29, 0.717) is 6.42 Å². The number of pyridine rings is 1. The van der Waals surface area contributed by atoms with Crippen molar-refractivity contribution < 1.29 is 9.90 Å². The Morgan fingerprint density at radius 2 is 2.03 bits per heavy atom. The number of nitrogens with zero attached hydrogens (tertiary/aromatic N) is 3. The number of aliphatic carboxylic acids is 1. The van der Waals surface area contributed by atoms with Crippen LogP contribution in [0.1, 0.15) is 57.7 Å². The van der Waals surface area contributed by atoms with Gasteiger partial charge in [0.05, 0.1) is 32.3 Å². The highest BCUT2D eigenvalue weighted by atomic mass is 35.5. The summed E-state index contributed by atoms with van der Waals surface area (Å²) in [5, 5.41) is 17.1. The van der Waals surface area contributed by atoms with Crippen molar-refractivity contribution in [3.05, 3.63) is 68.2 Å². The zero-order valence-electron chi connectivity index (χ0n) is 19.6. The minimum Gasteiger partial charge on any atom is -0.481 e. The molecule has 4 aromatic rings. The quantitative estimate of drug-likeness (QED) is 0.268. The molecule has 0 fully saturated rings. The molecule has 0 spiro atoms. The zero-order valence-corrected chi connectivity index (χ0v) is 22.1. The van der Waals surface area contributed by atoms with Gasteiger partial charge in [0, 0.05) is 17.6 Å². The molecule has 9 heteroatoms. The van der Waals surface area contributed by atoms with Crippen LogP contribution in [-0.4, -0.2) is 32.6 Å². The molecule has 1 aromatic carbocycles. The number of carboxylic acid groups (broad SMARTS) is 1. The smallest absolute Gasteiger partial charge is 0.303 e. The number of anilines is 1. The van der Waals surface area contributed by atoms with Crippen molar-refractivity contribution in [3.8, 4) is 0 Å². The van der Waals surface area contributed by atoms with Crippen molar-refractivity contribution in [1.82, 2.24) is 15.0 Å². The topological polar surface area (TPSA) is 88.0 Å². The fourth-order valence-corrected chi connectivity index (χ4v) is 6.23. The molecular weight excluding hydrogens is 500 g/mol. The molecule has 1 aliphatic rings. The number of rotatable bonds is 9. The Bertz CT molecular complexity index is 1320. The van der Waals surface area contributed by atoms with Crippen LogP contribution in [0, 0.1) is 6.92 Å². The molecule has 0 aliphatic carbocycles. The van der Waals surface area contributed by atoms with Crippen LogP contribution in [0.25, 0.3) is 10.2 Å². The average Bonchev–Trinajstić information content (AvgIpc) is 3.42. The second-order valence-corrected chi connectivity index (χ2v) is 11.1. The van der Waals surface area contributed by atoms with E-state index in [2.05, 4.69) is 33.9 Å². The Kier molecular flexibility index (Phi) is 8.36. The van der Waals surface area contributed by atoms with Crippen LogP contribution < -0.4 is 5.32 Å². The van der Waals surface area contributed by atoms with Crippen molar-refractivity contribution in [2.45, 2.75) is 57.8 Å². The van der Waals surface area contributed by atoms with E-state index in [1.165, 1.54) is 12.0 Å². The summed E-state index contributed by atoms with van der Waals surface area (Å²) in [6, 6.07) is 10.5. The second-order valence-electron chi connectivity index (χ2n) is 8.89. The summed E-state index contributed by atoms with van der Waals surface area (Å²) in [5.41, 5.74) is 5.37. The first-order valence-corrected chi connectivity index (χ1v) is 13.5. The number of carbonyl (C=O) groups is 1. The van der Waals surface area contributed by atoms with Gasteiger partial charge in [-0.15, -0.1) is 35.1 Å². The Hall–Kier alpha value is -2.55. The van der Waals surface area contributed by atoms with Gasteiger partial charge in [-0.1, -0.05) is 12.1 Å². The van der Waals surface area contributed by atoms with Crippen molar-refractivity contribution in [2.75, 3.05) is 11.9 Å². The van der Waals surface area contributed by atoms with E-state index >= 15 is 0 Å². The van der Waals surface area contributed by atoms with E-state index in [0.717, 1.165) is 75.2 Å². The largest absolute Gasteiger partial charge is 0.481 e. The summed E-state index contributed by atoms with van der Waals surface area (Å²) in [4.78, 5) is 25.8. The lowest BCUT2D eigenvalue weighted by molar-refractivity contribution is -0.137. The van der Waals surface area contributed by atoms with Crippen LogP contribution in [0.15, 0.2) is 35.7 Å². The van der Waals surface area contributed by atoms with Crippen LogP contribution in [0.3, 0.4) is 0 Å². The molecule has 1 unspecified atom stereocenters. The molecule has 5 rings (SSSR count). The summed E-state index contributed by atoms with van der Waals surface area (Å²) in [5.74, 6) is 0.142. The first kappa shape index (κ1) is 25.5. The van der Waals surface area contributed by atoms with E-state index in [1.807, 2.05) is 19.1 Å². The number of benzene rings is 1. The SMILES string of the molecule is Cc1nc2cc(C(CC(=O)O)Cc3csc(CCCc4ccc5c(n4)NCCC5)n3)ccc2s1.Cl. The first-order valence-electron chi connectivity index (χ1n) is 11.8. The number of aromatic nitrogens is 3. The van der Waals surface area contributed by atoms with Crippen molar-refractivity contribution in [1.29, 1.82) is 0 Å². The highest BCUT2D eigenvalue weighted by Crippen LogP contribution is 2.30. The fourth-order valence-electron chi connectivity index (χ4n) is 4.57. The Labute approximate surface area is 219 Å². The van der Waals surface area contributed by atoms with Crippen LogP contribution >= 0.6 is 35.1 Å². The maximum absolute atomic E-state index is 11.6. The fraction of sp³-hybridized carbons (Fsp3) is 0.385. The van der Waals surface area contributed by atoms with Gasteiger partial charge in [-0.3, -0.25) is 4.79 Å². The normalized spacial score (nSPS) is 13.6. The number of thiazole rings is 2. The average molecular weight is 529 g/mol. The van der Waals surface area contributed by atoms with Gasteiger partial charge in [0.2, 0.25) is 0 Å². The molecule has 35 heavy (non-hydrogen) atoms. The van der Waals surface area contributed by atoms with E-state index in [1.54, 1.807) is 22.7 Å². The molecule has 3 aromatic heterocycles. The predicted octanol–water partition coefficient (Wildman–Crippen LogP) is 6.21. The van der Waals surface area contributed by atoms with E-state index in [9.17, 15) is 9.90 Å². The maximum atomic E-state index is 11.6. The molecule has 1 atom stereocenters. The van der Waals surface area contributed by atoms with Gasteiger partial charge in [-0.25, -0.2) is 15.0 Å². The van der Waals surface area contributed by atoms with Crippen molar-refractivity contribution in [3.63, 3.8) is 0 Å². The van der Waals surface area contributed by atoms with Gasteiger partial charge in [0.15, 0.2) is 0 Å². The Morgan fingerprint density at radius 1 is 1.14 bits per heavy atom. The zero-order chi connectivity index (χ0) is 23.5. The molecule has 2 N–H and O–H groups in total. The van der Waals surface area contributed by atoms with Crippen LogP contribution in [-0.2, 0) is 30.5 Å². The minimum atomic E-state index is -0.790. The van der Waals surface area contributed by atoms with Crippen LogP contribution in [0.5, 0.6) is 0 Å². The third kappa shape index (κ3) is 6.37. The first-order chi connectivity index (χ1) is 16.5. The molecule has 4 heterocycles. The van der Waals surface area contributed by atoms with Crippen molar-refractivity contribution >= 4 is 57.1 Å². The summed E-state index contributed by atoms with van der Waals surface area (Å²) < 4.78 is 1.13. The number of hydrogen-bond donors (Lipinski definition) is 2. The van der Waals surface area contributed by atoms with E-state index in [-0.39, 0.29) is 24.7 Å². The standard InChI is InChI=1S/C26H28N4O2S2.ClH/c1-16-28-22-13-18(8-10-23(22)34-16)19(14-25(31)32)12-21-15-33-24(29-21)6-2-5-20-9-7-17-4-3-11-27-26(17)30-20;/h7-10,13,15,19H,2-6,11-12,14H2,1H3,(H,27,30)(H,31,32);1H. The van der Waals surface area contributed by atoms with Crippen molar-refractivity contribution in [2.24, 2.45) is 0 Å². The molecule has 0 radical (unpaired) electrons. The summed E-state index contributed by atoms with van der Waals surface area (Å²) in [6.07, 6.45) is 5.82. The summed E-state index contributed by atoms with van der Waals surface area (Å²) in [7, 11) is 0. The number of halogens is 1. The minimum absolute atomic E-state index is 0. The number of carboxylic acids is 1. The summed E-state index contributed by atoms with van der Waals surface area (Å²) in [6.45, 7) is 3.00. The highest BCUT2D eigenvalue weighted by molar-refractivity contribution is 7.18. The number of hydrogen-bond acceptors (Lipinski definition) is 7. The maximum Gasteiger partial charge on any atom is 0.303 e. The molecule has 0 saturated heterocycles. The van der Waals surface area contributed by atoms with Crippen LogP contribution in [0.4, 0.5) is 5.82 Å². The lowest BCUT2D eigenvalue weighted by Crippen LogP contribution is -2.14. The van der Waals surface area contributed by atoms with Gasteiger partial charge < -0.3 is 10.4 Å². The Balaban J connectivity index is 0.00000289. The Morgan fingerprint density at radius 3 is 2.89 bits per heavy atom. The van der Waals surface area contributed by atoms with E-state index < -0.39 is 5.97 Å². The number of nitrogens with one attached hydrogen (secondary N) is 1. The molecule has 0 bridgehead atoms. The summed E-state index contributed by atoms with van der Waals surface area (Å²) >= 11 is 3.33.